The van der Waals surface area contributed by atoms with Gasteiger partial charge in [-0.3, -0.25) is 9.10 Å². The normalized spacial score (nSPS) is 11.3. The zero-order valence-electron chi connectivity index (χ0n) is 21.9. The molecule has 0 amide bonds. The van der Waals surface area contributed by atoms with Crippen LogP contribution in [-0.4, -0.2) is 14.4 Å². The summed E-state index contributed by atoms with van der Waals surface area (Å²) in [7, 11) is -3.98. The van der Waals surface area contributed by atoms with E-state index in [9.17, 15) is 13.2 Å². The number of aryl methyl sites for hydroxylation is 1. The van der Waals surface area contributed by atoms with E-state index in [4.69, 9.17) is 4.74 Å². The molecule has 0 aliphatic carbocycles. The van der Waals surface area contributed by atoms with Crippen LogP contribution in [0.4, 0.5) is 5.69 Å². The topological polar surface area (TPSA) is 63.7 Å². The Bertz CT molecular complexity index is 1720. The van der Waals surface area contributed by atoms with Gasteiger partial charge in [0.1, 0.15) is 5.75 Å². The molecule has 0 aliphatic rings. The van der Waals surface area contributed by atoms with E-state index >= 15 is 0 Å². The van der Waals surface area contributed by atoms with E-state index in [1.54, 1.807) is 37.3 Å². The lowest BCUT2D eigenvalue weighted by molar-refractivity contribution is -0.133. The predicted molar refractivity (Wildman–Crippen MR) is 155 cm³/mol. The summed E-state index contributed by atoms with van der Waals surface area (Å²) in [5.41, 5.74) is 3.70. The van der Waals surface area contributed by atoms with Gasteiger partial charge in [-0.15, -0.1) is 0 Å². The number of nitrogens with zero attached hydrogens (tertiary/aromatic N) is 1. The van der Waals surface area contributed by atoms with Crippen LogP contribution in [0.1, 0.15) is 22.3 Å². The Morgan fingerprint density at radius 3 is 2.00 bits per heavy atom. The van der Waals surface area contributed by atoms with Crippen molar-refractivity contribution in [2.24, 2.45) is 0 Å². The van der Waals surface area contributed by atoms with E-state index in [1.807, 2.05) is 91.9 Å². The molecule has 0 saturated heterocycles. The molecular formula is C33H29NO4S. The van der Waals surface area contributed by atoms with Crippen LogP contribution >= 0.6 is 0 Å². The zero-order valence-corrected chi connectivity index (χ0v) is 22.7. The van der Waals surface area contributed by atoms with Gasteiger partial charge in [-0.1, -0.05) is 103 Å². The van der Waals surface area contributed by atoms with Crippen molar-refractivity contribution in [2.45, 2.75) is 31.7 Å². The molecule has 0 unspecified atom stereocenters. The van der Waals surface area contributed by atoms with E-state index in [0.29, 0.717) is 17.0 Å². The van der Waals surface area contributed by atoms with Crippen LogP contribution in [0.3, 0.4) is 0 Å². The van der Waals surface area contributed by atoms with E-state index in [-0.39, 0.29) is 17.9 Å². The van der Waals surface area contributed by atoms with Gasteiger partial charge in [0.2, 0.25) is 0 Å². The first-order valence-electron chi connectivity index (χ1n) is 12.7. The van der Waals surface area contributed by atoms with Crippen molar-refractivity contribution < 1.29 is 17.9 Å². The van der Waals surface area contributed by atoms with Crippen molar-refractivity contribution >= 4 is 32.5 Å². The number of benzene rings is 5. The van der Waals surface area contributed by atoms with Gasteiger partial charge < -0.3 is 4.74 Å². The highest BCUT2D eigenvalue weighted by molar-refractivity contribution is 7.92. The lowest BCUT2D eigenvalue weighted by atomic mass is 10.0. The van der Waals surface area contributed by atoms with Crippen molar-refractivity contribution in [1.29, 1.82) is 0 Å². The molecule has 0 radical (unpaired) electrons. The van der Waals surface area contributed by atoms with Gasteiger partial charge in [0.05, 0.1) is 23.5 Å². The monoisotopic (exact) mass is 535 g/mol. The predicted octanol–water partition coefficient (Wildman–Crippen LogP) is 7.00. The van der Waals surface area contributed by atoms with Crippen molar-refractivity contribution in [3.63, 3.8) is 0 Å². The fourth-order valence-corrected chi connectivity index (χ4v) is 6.16. The van der Waals surface area contributed by atoms with Crippen LogP contribution in [0.2, 0.25) is 0 Å². The molecule has 0 aromatic heterocycles. The average Bonchev–Trinajstić information content (AvgIpc) is 2.94. The number of carbonyl (C=O) groups is 1. The summed E-state index contributed by atoms with van der Waals surface area (Å²) in [5.74, 6) is -0.0802. The first kappa shape index (κ1) is 26.2. The summed E-state index contributed by atoms with van der Waals surface area (Å²) >= 11 is 0. The summed E-state index contributed by atoms with van der Waals surface area (Å²) in [4.78, 5) is 13.1. The Labute approximate surface area is 229 Å². The Balaban J connectivity index is 1.66. The maximum Gasteiger partial charge on any atom is 0.315 e. The molecule has 0 bridgehead atoms. The van der Waals surface area contributed by atoms with Gasteiger partial charge >= 0.3 is 5.97 Å². The third-order valence-corrected chi connectivity index (χ3v) is 8.43. The van der Waals surface area contributed by atoms with Crippen LogP contribution in [0.5, 0.6) is 5.75 Å². The highest BCUT2D eigenvalue weighted by atomic mass is 32.2. The molecule has 0 saturated carbocycles. The second-order valence-electron chi connectivity index (χ2n) is 9.52. The van der Waals surface area contributed by atoms with Crippen LogP contribution < -0.4 is 9.04 Å². The number of anilines is 1. The van der Waals surface area contributed by atoms with Gasteiger partial charge in [0, 0.05) is 10.9 Å². The minimum Gasteiger partial charge on any atom is -0.426 e. The van der Waals surface area contributed by atoms with Crippen molar-refractivity contribution in [3.8, 4) is 5.75 Å². The molecule has 6 heteroatoms. The molecular weight excluding hydrogens is 506 g/mol. The van der Waals surface area contributed by atoms with Crippen LogP contribution in [0, 0.1) is 13.8 Å². The second kappa shape index (κ2) is 11.1. The molecule has 39 heavy (non-hydrogen) atoms. The van der Waals surface area contributed by atoms with E-state index < -0.39 is 16.0 Å². The molecule has 5 aromatic rings. The summed E-state index contributed by atoms with van der Waals surface area (Å²) in [6, 6.07) is 35.1. The third kappa shape index (κ3) is 5.71. The standard InChI is InChI=1S/C33H29NO4S/c1-24-17-19-29(20-18-24)39(36,37)34(23-27-13-7-4-8-14-27)33-25(2)31(22-28-15-9-10-16-30(28)33)38-32(35)21-26-11-5-3-6-12-26/h3-20,22H,21,23H2,1-2H3. The molecule has 196 valence electrons. The molecule has 0 spiro atoms. The quantitative estimate of drug-likeness (QED) is 0.159. The maximum absolute atomic E-state index is 14.2. The van der Waals surface area contributed by atoms with Gasteiger partial charge in [0.25, 0.3) is 10.0 Å². The molecule has 0 aliphatic heterocycles. The fourth-order valence-electron chi connectivity index (χ4n) is 4.63. The van der Waals surface area contributed by atoms with Gasteiger partial charge in [-0.2, -0.15) is 0 Å². The van der Waals surface area contributed by atoms with E-state index in [1.165, 1.54) is 4.31 Å². The van der Waals surface area contributed by atoms with Crippen molar-refractivity contribution in [3.05, 3.63) is 138 Å². The molecule has 0 fully saturated rings. The first-order chi connectivity index (χ1) is 18.8. The average molecular weight is 536 g/mol. The van der Waals surface area contributed by atoms with Crippen LogP contribution in [-0.2, 0) is 27.8 Å². The minimum atomic E-state index is -3.98. The maximum atomic E-state index is 14.2. The Kier molecular flexibility index (Phi) is 7.48. The van der Waals surface area contributed by atoms with Gasteiger partial charge in [0.15, 0.2) is 0 Å². The number of fused-ring (bicyclic) bond motifs is 1. The molecule has 0 N–H and O–H groups in total. The number of sulfonamides is 1. The molecule has 5 nitrogen and oxygen atoms in total. The summed E-state index contributed by atoms with van der Waals surface area (Å²) in [5, 5.41) is 1.53. The molecule has 5 aromatic carbocycles. The molecule has 0 atom stereocenters. The minimum absolute atomic E-state index is 0.109. The number of rotatable bonds is 8. The molecule has 0 heterocycles. The fraction of sp³-hybridized carbons (Fsp3) is 0.121. The highest BCUT2D eigenvalue weighted by Gasteiger charge is 2.29. The van der Waals surface area contributed by atoms with Crippen molar-refractivity contribution in [1.82, 2.24) is 0 Å². The van der Waals surface area contributed by atoms with Gasteiger partial charge in [-0.05, 0) is 48.6 Å². The number of carbonyl (C=O) groups excluding carboxylic acids is 1. The largest absolute Gasteiger partial charge is 0.426 e. The Morgan fingerprint density at radius 2 is 1.33 bits per heavy atom. The Hall–Kier alpha value is -4.42. The number of esters is 1. The van der Waals surface area contributed by atoms with E-state index in [0.717, 1.165) is 27.5 Å². The third-order valence-electron chi connectivity index (χ3n) is 6.67. The number of hydrogen-bond donors (Lipinski definition) is 0. The van der Waals surface area contributed by atoms with Crippen LogP contribution in [0.15, 0.2) is 120 Å². The first-order valence-corrected chi connectivity index (χ1v) is 14.2. The number of hydrogen-bond acceptors (Lipinski definition) is 4. The second-order valence-corrected chi connectivity index (χ2v) is 11.4. The SMILES string of the molecule is Cc1ccc(S(=O)(=O)N(Cc2ccccc2)c2c(C)c(OC(=O)Cc3ccccc3)cc3ccccc23)cc1. The van der Waals surface area contributed by atoms with E-state index in [2.05, 4.69) is 0 Å². The molecule has 5 rings (SSSR count). The zero-order chi connectivity index (χ0) is 27.4. The summed E-state index contributed by atoms with van der Waals surface area (Å²) in [6.45, 7) is 3.84. The van der Waals surface area contributed by atoms with Crippen LogP contribution in [0.25, 0.3) is 10.8 Å². The van der Waals surface area contributed by atoms with Crippen molar-refractivity contribution in [2.75, 3.05) is 4.31 Å². The highest BCUT2D eigenvalue weighted by Crippen LogP contribution is 2.40. The lowest BCUT2D eigenvalue weighted by Gasteiger charge is -2.28. The smallest absolute Gasteiger partial charge is 0.315 e. The summed E-state index contributed by atoms with van der Waals surface area (Å²) in [6.07, 6.45) is 0.109. The lowest BCUT2D eigenvalue weighted by Crippen LogP contribution is -2.31. The number of ether oxygens (including phenoxy) is 1. The van der Waals surface area contributed by atoms with Gasteiger partial charge in [-0.25, -0.2) is 8.42 Å². The Morgan fingerprint density at radius 1 is 0.744 bits per heavy atom. The summed E-state index contributed by atoms with van der Waals surface area (Å²) < 4.78 is 35.8.